The Kier molecular flexibility index (Phi) is 6.47. The quantitative estimate of drug-likeness (QED) is 0.568. The molecule has 0 aromatic heterocycles. The van der Waals surface area contributed by atoms with Gasteiger partial charge in [-0.25, -0.2) is 22.7 Å². The van der Waals surface area contributed by atoms with Crippen molar-refractivity contribution in [2.75, 3.05) is 5.32 Å². The predicted molar refractivity (Wildman–Crippen MR) is 112 cm³/mol. The third-order valence-corrected chi connectivity index (χ3v) is 5.46. The largest absolute Gasteiger partial charge is 0.444 e. The molecule has 0 aliphatic rings. The number of halogens is 1. The van der Waals surface area contributed by atoms with Crippen molar-refractivity contribution in [2.45, 2.75) is 17.9 Å². The molecule has 3 N–H and O–H groups in total. The van der Waals surface area contributed by atoms with Gasteiger partial charge in [-0.1, -0.05) is 36.4 Å². The van der Waals surface area contributed by atoms with Gasteiger partial charge in [0, 0.05) is 11.3 Å². The minimum Gasteiger partial charge on any atom is -0.444 e. The van der Waals surface area contributed by atoms with E-state index in [1.807, 2.05) is 0 Å². The lowest BCUT2D eigenvalue weighted by molar-refractivity contribution is -0.125. The molecular weight excluding hydrogens is 423 g/mol. The number of nitrogens with two attached hydrogens (primary N) is 1. The summed E-state index contributed by atoms with van der Waals surface area (Å²) in [4.78, 5) is 25.4. The highest BCUT2D eigenvalue weighted by atomic mass is 32.2. The number of sulfonamides is 1. The van der Waals surface area contributed by atoms with Gasteiger partial charge in [0.1, 0.15) is 5.82 Å². The van der Waals surface area contributed by atoms with Crippen LogP contribution < -0.4 is 10.5 Å². The molecule has 31 heavy (non-hydrogen) atoms. The van der Waals surface area contributed by atoms with E-state index < -0.39 is 33.8 Å². The zero-order chi connectivity index (χ0) is 22.6. The number of nitrogens with one attached hydrogen (secondary N) is 1. The van der Waals surface area contributed by atoms with E-state index >= 15 is 0 Å². The molecule has 9 heteroatoms. The van der Waals surface area contributed by atoms with Gasteiger partial charge in [0.15, 0.2) is 0 Å². The highest BCUT2D eigenvalue weighted by Crippen LogP contribution is 2.23. The average molecular weight is 442 g/mol. The van der Waals surface area contributed by atoms with Crippen LogP contribution in [-0.2, 0) is 19.6 Å². The molecule has 160 valence electrons. The Morgan fingerprint density at radius 3 is 2.26 bits per heavy atom. The van der Waals surface area contributed by atoms with Crippen LogP contribution in [-0.4, -0.2) is 20.3 Å². The predicted octanol–water partition coefficient (Wildman–Crippen LogP) is 3.32. The number of carbonyl (C=O) groups is 2. The Morgan fingerprint density at radius 2 is 1.65 bits per heavy atom. The van der Waals surface area contributed by atoms with Crippen molar-refractivity contribution >= 4 is 27.6 Å². The fourth-order valence-corrected chi connectivity index (χ4v) is 3.66. The maximum Gasteiger partial charge on any atom is 0.339 e. The van der Waals surface area contributed by atoms with Crippen molar-refractivity contribution in [3.63, 3.8) is 0 Å². The average Bonchev–Trinajstić information content (AvgIpc) is 2.73. The highest BCUT2D eigenvalue weighted by molar-refractivity contribution is 7.89. The first kappa shape index (κ1) is 22.1. The summed E-state index contributed by atoms with van der Waals surface area (Å²) in [6.07, 6.45) is -1.34. The molecule has 0 saturated heterocycles. The molecule has 0 aliphatic carbocycles. The van der Waals surface area contributed by atoms with E-state index in [0.717, 1.165) is 6.07 Å². The molecule has 7 nitrogen and oxygen atoms in total. The van der Waals surface area contributed by atoms with Crippen molar-refractivity contribution < 1.29 is 27.1 Å². The summed E-state index contributed by atoms with van der Waals surface area (Å²) < 4.78 is 42.0. The van der Waals surface area contributed by atoms with Gasteiger partial charge in [-0.15, -0.1) is 0 Å². The van der Waals surface area contributed by atoms with E-state index in [2.05, 4.69) is 5.32 Å². The maximum atomic E-state index is 13.1. The zero-order valence-electron chi connectivity index (χ0n) is 16.4. The van der Waals surface area contributed by atoms with Gasteiger partial charge in [-0.05, 0) is 48.9 Å². The molecule has 0 radical (unpaired) electrons. The number of benzene rings is 3. The van der Waals surface area contributed by atoms with E-state index in [1.165, 1.54) is 43.3 Å². The SMILES string of the molecule is Cc1ccc(C(=O)OC(C(=O)Nc2ccc(F)cc2)c2ccccc2)cc1S(N)(=O)=O. The lowest BCUT2D eigenvalue weighted by Gasteiger charge is -2.18. The van der Waals surface area contributed by atoms with E-state index in [4.69, 9.17) is 9.88 Å². The van der Waals surface area contributed by atoms with Crippen LogP contribution in [0.15, 0.2) is 77.7 Å². The van der Waals surface area contributed by atoms with E-state index in [9.17, 15) is 22.4 Å². The Labute approximate surface area is 178 Å². The fraction of sp³-hybridized carbons (Fsp3) is 0.0909. The second-order valence-corrected chi connectivity index (χ2v) is 8.25. The normalized spacial score (nSPS) is 12.1. The molecule has 0 saturated carbocycles. The Bertz CT molecular complexity index is 1210. The summed E-state index contributed by atoms with van der Waals surface area (Å²) in [5.74, 6) is -2.04. The van der Waals surface area contributed by atoms with E-state index in [-0.39, 0.29) is 10.5 Å². The van der Waals surface area contributed by atoms with Crippen LogP contribution in [0.1, 0.15) is 27.6 Å². The van der Waals surface area contributed by atoms with Crippen LogP contribution in [0.5, 0.6) is 0 Å². The number of amides is 1. The zero-order valence-corrected chi connectivity index (χ0v) is 17.2. The second-order valence-electron chi connectivity index (χ2n) is 6.72. The lowest BCUT2D eigenvalue weighted by Crippen LogP contribution is -2.26. The van der Waals surface area contributed by atoms with Crippen molar-refractivity contribution in [1.29, 1.82) is 0 Å². The fourth-order valence-electron chi connectivity index (χ4n) is 2.85. The summed E-state index contributed by atoms with van der Waals surface area (Å²) in [6, 6.07) is 17.3. The molecule has 0 aliphatic heterocycles. The number of rotatable bonds is 6. The minimum atomic E-state index is -4.05. The Hall–Kier alpha value is -3.56. The number of primary sulfonamides is 1. The summed E-state index contributed by atoms with van der Waals surface area (Å²) in [5.41, 5.74) is 1.00. The second kappa shape index (κ2) is 9.07. The van der Waals surface area contributed by atoms with Crippen LogP contribution in [0, 0.1) is 12.7 Å². The third-order valence-electron chi connectivity index (χ3n) is 4.41. The van der Waals surface area contributed by atoms with Gasteiger partial charge in [0.05, 0.1) is 10.5 Å². The first-order valence-electron chi connectivity index (χ1n) is 9.11. The molecule has 3 rings (SSSR count). The molecule has 1 amide bonds. The van der Waals surface area contributed by atoms with Crippen molar-refractivity contribution in [2.24, 2.45) is 5.14 Å². The van der Waals surface area contributed by atoms with Crippen LogP contribution in [0.3, 0.4) is 0 Å². The van der Waals surface area contributed by atoms with Crippen molar-refractivity contribution in [3.05, 3.63) is 95.3 Å². The third kappa shape index (κ3) is 5.53. The first-order chi connectivity index (χ1) is 14.6. The van der Waals surface area contributed by atoms with Gasteiger partial charge in [-0.3, -0.25) is 4.79 Å². The van der Waals surface area contributed by atoms with Crippen molar-refractivity contribution in [1.82, 2.24) is 0 Å². The molecule has 0 spiro atoms. The first-order valence-corrected chi connectivity index (χ1v) is 10.7. The number of anilines is 1. The Morgan fingerprint density at radius 1 is 1.00 bits per heavy atom. The molecule has 3 aromatic carbocycles. The number of esters is 1. The number of aryl methyl sites for hydroxylation is 1. The lowest BCUT2D eigenvalue weighted by atomic mass is 10.1. The summed E-state index contributed by atoms with van der Waals surface area (Å²) in [5, 5.41) is 7.76. The van der Waals surface area contributed by atoms with Gasteiger partial charge >= 0.3 is 5.97 Å². The summed E-state index contributed by atoms with van der Waals surface area (Å²) >= 11 is 0. The van der Waals surface area contributed by atoms with E-state index in [1.54, 1.807) is 30.3 Å². The van der Waals surface area contributed by atoms with E-state index in [0.29, 0.717) is 16.8 Å². The van der Waals surface area contributed by atoms with Gasteiger partial charge in [0.25, 0.3) is 5.91 Å². The molecule has 1 unspecified atom stereocenters. The molecular formula is C22H19FN2O5S. The van der Waals surface area contributed by atoms with Crippen LogP contribution >= 0.6 is 0 Å². The van der Waals surface area contributed by atoms with Gasteiger partial charge in [-0.2, -0.15) is 0 Å². The number of carbonyl (C=O) groups excluding carboxylic acids is 2. The summed E-state index contributed by atoms with van der Waals surface area (Å²) in [7, 11) is -4.05. The van der Waals surface area contributed by atoms with Gasteiger partial charge in [0.2, 0.25) is 16.1 Å². The number of hydrogen-bond donors (Lipinski definition) is 2. The molecule has 0 fully saturated rings. The number of hydrogen-bond acceptors (Lipinski definition) is 5. The Balaban J connectivity index is 1.89. The van der Waals surface area contributed by atoms with Crippen LogP contribution in [0.25, 0.3) is 0 Å². The van der Waals surface area contributed by atoms with Crippen LogP contribution in [0.4, 0.5) is 10.1 Å². The summed E-state index contributed by atoms with van der Waals surface area (Å²) in [6.45, 7) is 1.54. The standard InChI is InChI=1S/C22H19FN2O5S/c1-14-7-8-16(13-19(14)31(24,28)29)22(27)30-20(15-5-3-2-4-6-15)21(26)25-18-11-9-17(23)10-12-18/h2-13,20H,1H3,(H,25,26)(H2,24,28,29). The highest BCUT2D eigenvalue weighted by Gasteiger charge is 2.26. The molecule has 0 heterocycles. The topological polar surface area (TPSA) is 116 Å². The smallest absolute Gasteiger partial charge is 0.339 e. The monoisotopic (exact) mass is 442 g/mol. The molecule has 3 aromatic rings. The maximum absolute atomic E-state index is 13.1. The molecule has 1 atom stereocenters. The van der Waals surface area contributed by atoms with Crippen molar-refractivity contribution in [3.8, 4) is 0 Å². The molecule has 0 bridgehead atoms. The van der Waals surface area contributed by atoms with Gasteiger partial charge < -0.3 is 10.1 Å². The number of ether oxygens (including phenoxy) is 1. The minimum absolute atomic E-state index is 0.0786. The van der Waals surface area contributed by atoms with Crippen LogP contribution in [0.2, 0.25) is 0 Å².